The Bertz CT molecular complexity index is 740. The van der Waals surface area contributed by atoms with Gasteiger partial charge < -0.3 is 20.8 Å². The van der Waals surface area contributed by atoms with Gasteiger partial charge in [0.1, 0.15) is 16.8 Å². The Kier molecular flexibility index (Phi) is 7.81. The molecule has 1 saturated heterocycles. The number of aliphatic carboxylic acids is 2. The summed E-state index contributed by atoms with van der Waals surface area (Å²) < 4.78 is 102. The Morgan fingerprint density at radius 2 is 1.19 bits per heavy atom. The average molecular weight is 489 g/mol. The number of halogens is 9. The third-order valence-electron chi connectivity index (χ3n) is 4.64. The normalized spacial score (nSPS) is 21.3. The summed E-state index contributed by atoms with van der Waals surface area (Å²) in [5.41, 5.74) is -2.83. The number of aliphatic imine (C=N–C) groups is 1. The molecule has 0 radical (unpaired) electrons. The number of nitrogens with zero attached hydrogens (tertiary/aromatic N) is 1. The topological polar surface area (TPSA) is 128 Å². The van der Waals surface area contributed by atoms with Crippen LogP contribution < -0.4 is 10.6 Å². The van der Waals surface area contributed by atoms with E-state index in [2.05, 4.69) is 15.6 Å². The van der Waals surface area contributed by atoms with E-state index in [4.69, 9.17) is 19.8 Å². The number of nitrogens with one attached hydrogen (secondary N) is 2. The van der Waals surface area contributed by atoms with Gasteiger partial charge in [-0.3, -0.25) is 9.79 Å². The number of amides is 1. The molecule has 0 bridgehead atoms. The van der Waals surface area contributed by atoms with Gasteiger partial charge in [-0.25, -0.2) is 9.59 Å². The third-order valence-corrected chi connectivity index (χ3v) is 4.64. The van der Waals surface area contributed by atoms with Crippen molar-refractivity contribution in [1.82, 2.24) is 10.6 Å². The highest BCUT2D eigenvalue weighted by Gasteiger charge is 2.69. The van der Waals surface area contributed by atoms with Crippen molar-refractivity contribution in [3.63, 3.8) is 0 Å². The quantitative estimate of drug-likeness (QED) is 0.419. The van der Waals surface area contributed by atoms with E-state index < -0.39 is 41.4 Å². The maximum atomic E-state index is 13.0. The van der Waals surface area contributed by atoms with Gasteiger partial charge in [0.25, 0.3) is 5.91 Å². The first-order valence-electron chi connectivity index (χ1n) is 8.58. The summed E-state index contributed by atoms with van der Waals surface area (Å²) in [5.74, 6) is -6.03. The molecule has 2 heterocycles. The number of carbonyl (C=O) groups is 3. The highest BCUT2D eigenvalue weighted by atomic mass is 19.4. The van der Waals surface area contributed by atoms with Crippen molar-refractivity contribution < 1.29 is 64.1 Å². The lowest BCUT2D eigenvalue weighted by Crippen LogP contribution is -2.48. The molecule has 8 nitrogen and oxygen atoms in total. The molecule has 32 heavy (non-hydrogen) atoms. The number of carbonyl (C=O) groups excluding carboxylic acids is 1. The van der Waals surface area contributed by atoms with Gasteiger partial charge in [-0.2, -0.15) is 39.5 Å². The molecule has 1 aliphatic carbocycles. The molecule has 4 N–H and O–H groups in total. The van der Waals surface area contributed by atoms with Crippen LogP contribution in [0.5, 0.6) is 0 Å². The largest absolute Gasteiger partial charge is 0.490 e. The molecule has 1 amide bonds. The molecule has 3 rings (SSSR count). The number of amidine groups is 1. The number of piperidine rings is 1. The lowest BCUT2D eigenvalue weighted by molar-refractivity contribution is -0.193. The van der Waals surface area contributed by atoms with Crippen molar-refractivity contribution in [3.05, 3.63) is 0 Å². The highest BCUT2D eigenvalue weighted by Crippen LogP contribution is 2.59. The SMILES string of the molecule is O=C(O)C(F)(F)F.O=C(O)C(F)(F)F.O=C1NC(C2(C(F)(F)F)CC2)=NC12CCNCC2. The van der Waals surface area contributed by atoms with Crippen LogP contribution >= 0.6 is 0 Å². The van der Waals surface area contributed by atoms with Gasteiger partial charge in [0.05, 0.1) is 0 Å². The van der Waals surface area contributed by atoms with Crippen LogP contribution in [0.2, 0.25) is 0 Å². The van der Waals surface area contributed by atoms with Gasteiger partial charge in [-0.05, 0) is 38.8 Å². The second kappa shape index (κ2) is 9.11. The van der Waals surface area contributed by atoms with Crippen LogP contribution in [-0.2, 0) is 14.4 Å². The summed E-state index contributed by atoms with van der Waals surface area (Å²) in [6.07, 6.45) is -13.5. The van der Waals surface area contributed by atoms with E-state index in [9.17, 15) is 44.3 Å². The van der Waals surface area contributed by atoms with Crippen LogP contribution in [0.1, 0.15) is 25.7 Å². The first-order chi connectivity index (χ1) is 14.3. The van der Waals surface area contributed by atoms with Gasteiger partial charge in [0.2, 0.25) is 0 Å². The summed E-state index contributed by atoms with van der Waals surface area (Å²) in [6, 6.07) is 0. The molecule has 2 fully saturated rings. The first kappa shape index (κ1) is 27.4. The van der Waals surface area contributed by atoms with Crippen molar-refractivity contribution in [3.8, 4) is 0 Å². The van der Waals surface area contributed by atoms with Gasteiger partial charge in [0.15, 0.2) is 0 Å². The van der Waals surface area contributed by atoms with Crippen molar-refractivity contribution in [2.45, 2.75) is 49.8 Å². The molecule has 2 aliphatic heterocycles. The van der Waals surface area contributed by atoms with Crippen LogP contribution in [-0.4, -0.2) is 71.1 Å². The summed E-state index contributed by atoms with van der Waals surface area (Å²) in [6.45, 7) is 1.23. The minimum Gasteiger partial charge on any atom is -0.475 e. The Morgan fingerprint density at radius 1 is 0.812 bits per heavy atom. The van der Waals surface area contributed by atoms with E-state index in [1.807, 2.05) is 0 Å². The van der Waals surface area contributed by atoms with E-state index >= 15 is 0 Å². The predicted octanol–water partition coefficient (Wildman–Crippen LogP) is 2.25. The van der Waals surface area contributed by atoms with Crippen LogP contribution in [0.4, 0.5) is 39.5 Å². The minimum atomic E-state index is -5.08. The second-order valence-corrected chi connectivity index (χ2v) is 6.88. The van der Waals surface area contributed by atoms with Crippen LogP contribution in [0, 0.1) is 5.41 Å². The Balaban J connectivity index is 0.000000305. The third kappa shape index (κ3) is 6.46. The molecule has 3 aliphatic rings. The summed E-state index contributed by atoms with van der Waals surface area (Å²) in [7, 11) is 0. The van der Waals surface area contributed by atoms with Crippen molar-refractivity contribution in [2.75, 3.05) is 13.1 Å². The highest BCUT2D eigenvalue weighted by molar-refractivity contribution is 6.11. The molecule has 184 valence electrons. The fourth-order valence-electron chi connectivity index (χ4n) is 2.70. The van der Waals surface area contributed by atoms with Crippen molar-refractivity contribution in [1.29, 1.82) is 0 Å². The standard InChI is InChI=1S/C11H14F3N3O.2C2HF3O2/c12-11(13,14)9(1-2-9)7-16-8(18)10(17-7)3-5-15-6-4-10;2*3-2(4,5)1(6)7/h15H,1-6H2,(H,16,17,18);2*(H,6,7). The van der Waals surface area contributed by atoms with Gasteiger partial charge in [-0.15, -0.1) is 0 Å². The zero-order valence-electron chi connectivity index (χ0n) is 15.7. The lowest BCUT2D eigenvalue weighted by atomic mass is 9.89. The van der Waals surface area contributed by atoms with E-state index in [0.717, 1.165) is 0 Å². The number of carboxylic acids is 2. The smallest absolute Gasteiger partial charge is 0.475 e. The predicted molar refractivity (Wildman–Crippen MR) is 85.5 cm³/mol. The molecular formula is C15H16F9N3O5. The second-order valence-electron chi connectivity index (χ2n) is 6.88. The summed E-state index contributed by atoms with van der Waals surface area (Å²) in [5, 5.41) is 19.7. The molecule has 0 unspecified atom stereocenters. The lowest BCUT2D eigenvalue weighted by Gasteiger charge is -2.28. The maximum absolute atomic E-state index is 13.0. The fraction of sp³-hybridized carbons (Fsp3) is 0.733. The number of rotatable bonds is 1. The van der Waals surface area contributed by atoms with Crippen molar-refractivity contribution in [2.24, 2.45) is 10.4 Å². The molecule has 17 heteroatoms. The minimum absolute atomic E-state index is 0.0317. The van der Waals surface area contributed by atoms with Crippen LogP contribution in [0.15, 0.2) is 4.99 Å². The van der Waals surface area contributed by atoms with Crippen molar-refractivity contribution >= 4 is 23.7 Å². The summed E-state index contributed by atoms with van der Waals surface area (Å²) in [4.78, 5) is 33.9. The fourth-order valence-corrected chi connectivity index (χ4v) is 2.70. The Labute approximate surface area is 172 Å². The van der Waals surface area contributed by atoms with Crippen LogP contribution in [0.25, 0.3) is 0 Å². The van der Waals surface area contributed by atoms with E-state index in [0.29, 0.717) is 25.9 Å². The molecule has 0 aromatic carbocycles. The molecule has 1 spiro atoms. The summed E-state index contributed by atoms with van der Waals surface area (Å²) >= 11 is 0. The number of hydrogen-bond acceptors (Lipinski definition) is 5. The number of hydrogen-bond donors (Lipinski definition) is 4. The Hall–Kier alpha value is -2.59. The average Bonchev–Trinajstić information content (AvgIpc) is 3.38. The number of carboxylic acid groups (broad SMARTS) is 2. The monoisotopic (exact) mass is 489 g/mol. The van der Waals surface area contributed by atoms with Gasteiger partial charge >= 0.3 is 30.5 Å². The molecular weight excluding hydrogens is 473 g/mol. The molecule has 0 aromatic heterocycles. The molecule has 1 saturated carbocycles. The van der Waals surface area contributed by atoms with E-state index in [1.165, 1.54) is 0 Å². The molecule has 0 aromatic rings. The van der Waals surface area contributed by atoms with Crippen LogP contribution in [0.3, 0.4) is 0 Å². The van der Waals surface area contributed by atoms with E-state index in [-0.39, 0.29) is 24.6 Å². The molecule has 0 atom stereocenters. The first-order valence-corrected chi connectivity index (χ1v) is 8.58. The Morgan fingerprint density at radius 3 is 1.47 bits per heavy atom. The zero-order valence-corrected chi connectivity index (χ0v) is 15.7. The van der Waals surface area contributed by atoms with E-state index in [1.54, 1.807) is 0 Å². The number of alkyl halides is 9. The maximum Gasteiger partial charge on any atom is 0.490 e. The van der Waals surface area contributed by atoms with Gasteiger partial charge in [0, 0.05) is 0 Å². The zero-order chi connectivity index (χ0) is 25.2. The van der Waals surface area contributed by atoms with Gasteiger partial charge in [-0.1, -0.05) is 0 Å².